The van der Waals surface area contributed by atoms with Gasteiger partial charge in [0, 0.05) is 28.9 Å². The molecule has 0 aliphatic carbocycles. The van der Waals surface area contributed by atoms with Crippen LogP contribution in [0.3, 0.4) is 0 Å². The first-order valence-corrected chi connectivity index (χ1v) is 11.0. The van der Waals surface area contributed by atoms with Crippen LogP contribution >= 0.6 is 11.6 Å². The summed E-state index contributed by atoms with van der Waals surface area (Å²) in [5.74, 6) is 0.291. The fourth-order valence-electron chi connectivity index (χ4n) is 3.11. The second-order valence-corrected chi connectivity index (χ2v) is 8.38. The van der Waals surface area contributed by atoms with Gasteiger partial charge in [-0.3, -0.25) is 9.78 Å². The Morgan fingerprint density at radius 1 is 1.09 bits per heavy atom. The first-order chi connectivity index (χ1) is 16.7. The molecule has 176 valence electrons. The van der Waals surface area contributed by atoms with Crippen molar-refractivity contribution in [2.24, 2.45) is 0 Å². The van der Waals surface area contributed by atoms with Crippen LogP contribution in [0.2, 0.25) is 0 Å². The van der Waals surface area contributed by atoms with Crippen molar-refractivity contribution in [2.45, 2.75) is 13.8 Å². The summed E-state index contributed by atoms with van der Waals surface area (Å²) in [4.78, 5) is 19.5. The number of benzene rings is 2. The molecule has 3 aromatic rings. The number of anilines is 1. The van der Waals surface area contributed by atoms with Crippen LogP contribution in [0.1, 0.15) is 41.0 Å². The number of nitriles is 1. The van der Waals surface area contributed by atoms with Crippen molar-refractivity contribution >= 4 is 28.8 Å². The van der Waals surface area contributed by atoms with Gasteiger partial charge in [-0.2, -0.15) is 5.26 Å². The molecule has 0 spiro atoms. The van der Waals surface area contributed by atoms with E-state index in [-0.39, 0.29) is 22.8 Å². The monoisotopic (exact) mass is 485 g/mol. The number of halogens is 1. The van der Waals surface area contributed by atoms with Crippen molar-refractivity contribution < 1.29 is 14.6 Å². The highest BCUT2D eigenvalue weighted by atomic mass is 35.5. The fourth-order valence-corrected chi connectivity index (χ4v) is 3.17. The minimum Gasteiger partial charge on any atom is -0.508 e. The highest BCUT2D eigenvalue weighted by molar-refractivity contribution is 6.29. The van der Waals surface area contributed by atoms with Crippen molar-refractivity contribution in [3.05, 3.63) is 113 Å². The number of allylic oxidation sites excluding steroid dienone is 4. The Morgan fingerprint density at radius 2 is 1.77 bits per heavy atom. The standard InChI is InChI=1S/C28H24ClN3O3/c1-18(29)5-6-19(2)32(4)24-9-12-27(31-17-24)28(34)23-13-22(20(3)33)14-26(15-23)35-25-10-7-21(16-30)8-11-25/h5-15,17,33H,3H2,1-2,4H3/b18-5+,19-6+. The maximum Gasteiger partial charge on any atom is 0.211 e. The van der Waals surface area contributed by atoms with E-state index in [0.717, 1.165) is 11.4 Å². The summed E-state index contributed by atoms with van der Waals surface area (Å²) < 4.78 is 5.85. The van der Waals surface area contributed by atoms with Crippen LogP contribution in [-0.2, 0) is 0 Å². The third-order valence-electron chi connectivity index (χ3n) is 5.17. The molecule has 0 saturated carbocycles. The Labute approximate surface area is 209 Å². The number of carbonyl (C=O) groups is 1. The number of rotatable bonds is 8. The van der Waals surface area contributed by atoms with E-state index in [1.807, 2.05) is 31.0 Å². The molecule has 1 aromatic heterocycles. The van der Waals surface area contributed by atoms with E-state index < -0.39 is 0 Å². The number of hydrogen-bond acceptors (Lipinski definition) is 6. The van der Waals surface area contributed by atoms with Crippen LogP contribution in [0.4, 0.5) is 5.69 Å². The predicted molar refractivity (Wildman–Crippen MR) is 139 cm³/mol. The van der Waals surface area contributed by atoms with E-state index in [9.17, 15) is 9.90 Å². The van der Waals surface area contributed by atoms with E-state index in [2.05, 4.69) is 11.6 Å². The smallest absolute Gasteiger partial charge is 0.211 e. The summed E-state index contributed by atoms with van der Waals surface area (Å²) in [6, 6.07) is 16.7. The molecule has 2 aromatic carbocycles. The van der Waals surface area contributed by atoms with Gasteiger partial charge in [-0.05, 0) is 80.6 Å². The molecule has 0 radical (unpaired) electrons. The summed E-state index contributed by atoms with van der Waals surface area (Å²) in [6.07, 6.45) is 5.31. The molecule has 7 heteroatoms. The molecule has 1 heterocycles. The first-order valence-electron chi connectivity index (χ1n) is 10.6. The largest absolute Gasteiger partial charge is 0.508 e. The Hall–Kier alpha value is -4.34. The Kier molecular flexibility index (Phi) is 8.08. The number of ketones is 1. The number of aliphatic hydroxyl groups is 1. The van der Waals surface area contributed by atoms with Gasteiger partial charge < -0.3 is 14.7 Å². The van der Waals surface area contributed by atoms with E-state index in [0.29, 0.717) is 27.7 Å². The number of hydrogen-bond donors (Lipinski definition) is 1. The van der Waals surface area contributed by atoms with Gasteiger partial charge in [0.15, 0.2) is 0 Å². The van der Waals surface area contributed by atoms with Crippen LogP contribution in [0, 0.1) is 11.3 Å². The summed E-state index contributed by atoms with van der Waals surface area (Å²) in [5.41, 5.74) is 3.13. The molecule has 0 atom stereocenters. The van der Waals surface area contributed by atoms with Gasteiger partial charge in [-0.15, -0.1) is 0 Å². The summed E-state index contributed by atoms with van der Waals surface area (Å²) in [5, 5.41) is 19.6. The Balaban J connectivity index is 1.87. The molecule has 0 bridgehead atoms. The van der Waals surface area contributed by atoms with Crippen molar-refractivity contribution in [1.29, 1.82) is 5.26 Å². The molecule has 1 N–H and O–H groups in total. The molecule has 6 nitrogen and oxygen atoms in total. The van der Waals surface area contributed by atoms with Gasteiger partial charge in [-0.25, -0.2) is 0 Å². The second kappa shape index (κ2) is 11.2. The zero-order valence-electron chi connectivity index (χ0n) is 19.6. The fraction of sp³-hybridized carbons (Fsp3) is 0.107. The van der Waals surface area contributed by atoms with E-state index in [1.54, 1.807) is 67.7 Å². The lowest BCUT2D eigenvalue weighted by atomic mass is 10.0. The van der Waals surface area contributed by atoms with Crippen molar-refractivity contribution in [2.75, 3.05) is 11.9 Å². The SMILES string of the molecule is C=C(O)c1cc(Oc2ccc(C#N)cc2)cc(C(=O)c2ccc(N(C)/C(C)=C/C=C(\C)Cl)cn2)c1. The van der Waals surface area contributed by atoms with E-state index in [4.69, 9.17) is 21.6 Å². The molecule has 0 unspecified atom stereocenters. The molecule has 35 heavy (non-hydrogen) atoms. The van der Waals surface area contributed by atoms with E-state index in [1.165, 1.54) is 6.07 Å². The number of carbonyl (C=O) groups excluding carboxylic acids is 1. The first kappa shape index (κ1) is 25.3. The van der Waals surface area contributed by atoms with E-state index >= 15 is 0 Å². The molecular weight excluding hydrogens is 462 g/mol. The van der Waals surface area contributed by atoms with Gasteiger partial charge in [0.25, 0.3) is 0 Å². The van der Waals surface area contributed by atoms with Gasteiger partial charge in [0.2, 0.25) is 5.78 Å². The minimum absolute atomic E-state index is 0.197. The summed E-state index contributed by atoms with van der Waals surface area (Å²) in [6.45, 7) is 7.30. The minimum atomic E-state index is -0.333. The van der Waals surface area contributed by atoms with Gasteiger partial charge >= 0.3 is 0 Å². The quantitative estimate of drug-likeness (QED) is 0.210. The van der Waals surface area contributed by atoms with Crippen molar-refractivity contribution in [1.82, 2.24) is 4.98 Å². The maximum atomic E-state index is 13.2. The third-order valence-corrected chi connectivity index (χ3v) is 5.30. The van der Waals surface area contributed by atoms with Crippen molar-refractivity contribution in [3.63, 3.8) is 0 Å². The normalized spacial score (nSPS) is 11.5. The molecule has 0 fully saturated rings. The lowest BCUT2D eigenvalue weighted by Gasteiger charge is -2.19. The number of ether oxygens (including phenoxy) is 1. The average molecular weight is 486 g/mol. The van der Waals surface area contributed by atoms with Crippen LogP contribution < -0.4 is 9.64 Å². The predicted octanol–water partition coefficient (Wildman–Crippen LogP) is 6.99. The number of pyridine rings is 1. The lowest BCUT2D eigenvalue weighted by Crippen LogP contribution is -2.15. The van der Waals surface area contributed by atoms with Gasteiger partial charge in [0.1, 0.15) is 23.0 Å². The number of aliphatic hydroxyl groups excluding tert-OH is 1. The molecule has 0 aliphatic rings. The lowest BCUT2D eigenvalue weighted by molar-refractivity contribution is 0.103. The van der Waals surface area contributed by atoms with Crippen molar-refractivity contribution in [3.8, 4) is 17.6 Å². The molecule has 0 saturated heterocycles. The van der Waals surface area contributed by atoms with Crippen LogP contribution in [-0.4, -0.2) is 22.9 Å². The molecular formula is C28H24ClN3O3. The molecule has 0 amide bonds. The maximum absolute atomic E-state index is 13.2. The van der Waals surface area contributed by atoms with Gasteiger partial charge in [0.05, 0.1) is 23.5 Å². The zero-order valence-corrected chi connectivity index (χ0v) is 20.4. The third kappa shape index (κ3) is 6.59. The Bertz CT molecular complexity index is 1350. The van der Waals surface area contributed by atoms with Crippen LogP contribution in [0.25, 0.3) is 5.76 Å². The average Bonchev–Trinajstić information content (AvgIpc) is 2.86. The molecule has 3 rings (SSSR count). The summed E-state index contributed by atoms with van der Waals surface area (Å²) in [7, 11) is 1.89. The Morgan fingerprint density at radius 3 is 2.34 bits per heavy atom. The number of aromatic nitrogens is 1. The zero-order chi connectivity index (χ0) is 25.5. The highest BCUT2D eigenvalue weighted by Gasteiger charge is 2.15. The second-order valence-electron chi connectivity index (χ2n) is 7.78. The highest BCUT2D eigenvalue weighted by Crippen LogP contribution is 2.28. The van der Waals surface area contributed by atoms with Crippen LogP contribution in [0.15, 0.2) is 90.3 Å². The number of nitrogens with zero attached hydrogens (tertiary/aromatic N) is 3. The summed E-state index contributed by atoms with van der Waals surface area (Å²) >= 11 is 5.89. The van der Waals surface area contributed by atoms with Crippen LogP contribution in [0.5, 0.6) is 11.5 Å². The topological polar surface area (TPSA) is 86.4 Å². The van der Waals surface area contributed by atoms with Gasteiger partial charge in [-0.1, -0.05) is 18.2 Å². The molecule has 0 aliphatic heterocycles.